The zero-order valence-electron chi connectivity index (χ0n) is 35.3. The SMILES string of the molecule is CCCCCCCCCCCCCCCC(=O)OCCOCCOCCOCCOCCOCCOCCOCCOCCOCCNC(=O)OC(C)(C)C. The van der Waals surface area contributed by atoms with Gasteiger partial charge in [-0.1, -0.05) is 84.0 Å². The minimum Gasteiger partial charge on any atom is -0.463 e. The Bertz CT molecular complexity index is 801. The zero-order valence-corrected chi connectivity index (χ0v) is 35.3. The second-order valence-corrected chi connectivity index (χ2v) is 14.2. The van der Waals surface area contributed by atoms with Crippen LogP contribution in [0.5, 0.6) is 0 Å². The molecule has 328 valence electrons. The van der Waals surface area contributed by atoms with Crippen molar-refractivity contribution in [3.63, 3.8) is 0 Å². The monoisotopic (exact) mass is 796 g/mol. The number of alkyl carbamates (subject to hydrolysis) is 1. The Hall–Kier alpha value is -1.62. The van der Waals surface area contributed by atoms with E-state index < -0.39 is 11.7 Å². The lowest BCUT2D eigenvalue weighted by atomic mass is 10.0. The maximum Gasteiger partial charge on any atom is 0.407 e. The predicted molar refractivity (Wildman–Crippen MR) is 213 cm³/mol. The zero-order chi connectivity index (χ0) is 40.2. The smallest absolute Gasteiger partial charge is 0.407 e. The number of esters is 1. The van der Waals surface area contributed by atoms with Crippen molar-refractivity contribution in [3.8, 4) is 0 Å². The summed E-state index contributed by atoms with van der Waals surface area (Å²) in [6.45, 7) is 16.8. The second kappa shape index (κ2) is 43.5. The fourth-order valence-corrected chi connectivity index (χ4v) is 4.97. The Morgan fingerprint density at radius 3 is 1.02 bits per heavy atom. The van der Waals surface area contributed by atoms with Gasteiger partial charge in [0.05, 0.1) is 119 Å². The first kappa shape index (κ1) is 53.4. The van der Waals surface area contributed by atoms with Gasteiger partial charge in [0.1, 0.15) is 12.2 Å². The average Bonchev–Trinajstić information content (AvgIpc) is 3.15. The number of ether oxygens (including phenoxy) is 11. The molecule has 0 aliphatic carbocycles. The average molecular weight is 796 g/mol. The van der Waals surface area contributed by atoms with Gasteiger partial charge in [-0.05, 0) is 27.2 Å². The first-order valence-electron chi connectivity index (χ1n) is 21.2. The fraction of sp³-hybridized carbons (Fsp3) is 0.951. The number of carbonyl (C=O) groups excluding carboxylic acids is 2. The molecule has 1 amide bonds. The summed E-state index contributed by atoms with van der Waals surface area (Å²) in [7, 11) is 0. The van der Waals surface area contributed by atoms with Gasteiger partial charge in [0.2, 0.25) is 0 Å². The van der Waals surface area contributed by atoms with E-state index in [0.717, 1.165) is 12.8 Å². The Morgan fingerprint density at radius 1 is 0.400 bits per heavy atom. The van der Waals surface area contributed by atoms with Crippen LogP contribution in [0.15, 0.2) is 0 Å². The van der Waals surface area contributed by atoms with E-state index in [1.54, 1.807) is 0 Å². The molecule has 0 fully saturated rings. The topological polar surface area (TPSA) is 148 Å². The summed E-state index contributed by atoms with van der Waals surface area (Å²) in [5, 5.41) is 2.63. The molecule has 0 heterocycles. The van der Waals surface area contributed by atoms with Gasteiger partial charge in [-0.2, -0.15) is 0 Å². The van der Waals surface area contributed by atoms with Gasteiger partial charge in [-0.25, -0.2) is 4.79 Å². The molecule has 0 aromatic rings. The Labute approximate surface area is 333 Å². The van der Waals surface area contributed by atoms with Crippen molar-refractivity contribution < 1.29 is 61.7 Å². The molecule has 14 heteroatoms. The molecule has 0 saturated heterocycles. The number of hydrogen-bond acceptors (Lipinski definition) is 13. The van der Waals surface area contributed by atoms with Crippen LogP contribution in [0.25, 0.3) is 0 Å². The number of unbranched alkanes of at least 4 members (excludes halogenated alkanes) is 12. The summed E-state index contributed by atoms with van der Waals surface area (Å²) < 4.78 is 59.6. The maximum absolute atomic E-state index is 11.9. The van der Waals surface area contributed by atoms with Crippen molar-refractivity contribution in [1.82, 2.24) is 5.32 Å². The maximum atomic E-state index is 11.9. The highest BCUT2D eigenvalue weighted by Gasteiger charge is 2.15. The van der Waals surface area contributed by atoms with E-state index in [-0.39, 0.29) is 12.6 Å². The van der Waals surface area contributed by atoms with E-state index in [1.165, 1.54) is 70.6 Å². The van der Waals surface area contributed by atoms with Crippen LogP contribution in [0.2, 0.25) is 0 Å². The quantitative estimate of drug-likeness (QED) is 0.0517. The molecule has 1 N–H and O–H groups in total. The highest BCUT2D eigenvalue weighted by atomic mass is 16.6. The van der Waals surface area contributed by atoms with E-state index in [4.69, 9.17) is 52.1 Å². The minimum absolute atomic E-state index is 0.135. The molecule has 0 aliphatic heterocycles. The molecule has 0 atom stereocenters. The molecule has 0 saturated carbocycles. The van der Waals surface area contributed by atoms with Gasteiger partial charge in [0.25, 0.3) is 0 Å². The van der Waals surface area contributed by atoms with Crippen LogP contribution < -0.4 is 5.32 Å². The molecule has 0 bridgehead atoms. The van der Waals surface area contributed by atoms with Gasteiger partial charge in [-0.3, -0.25) is 4.79 Å². The molecule has 0 aromatic heterocycles. The Morgan fingerprint density at radius 2 is 0.691 bits per heavy atom. The molecule has 0 aromatic carbocycles. The van der Waals surface area contributed by atoms with Gasteiger partial charge >= 0.3 is 12.1 Å². The number of hydrogen-bond donors (Lipinski definition) is 1. The van der Waals surface area contributed by atoms with E-state index in [9.17, 15) is 9.59 Å². The summed E-state index contributed by atoms with van der Waals surface area (Å²) >= 11 is 0. The molecule has 0 spiro atoms. The van der Waals surface area contributed by atoms with Crippen molar-refractivity contribution in [2.75, 3.05) is 132 Å². The summed E-state index contributed by atoms with van der Waals surface area (Å²) in [4.78, 5) is 23.4. The number of amides is 1. The molecule has 14 nitrogen and oxygen atoms in total. The first-order chi connectivity index (χ1) is 26.8. The van der Waals surface area contributed by atoms with Crippen molar-refractivity contribution in [2.24, 2.45) is 0 Å². The Balaban J connectivity index is 3.16. The van der Waals surface area contributed by atoms with Crippen LogP contribution in [0.4, 0.5) is 4.79 Å². The van der Waals surface area contributed by atoms with Gasteiger partial charge in [0.15, 0.2) is 0 Å². The van der Waals surface area contributed by atoms with Crippen molar-refractivity contribution in [1.29, 1.82) is 0 Å². The van der Waals surface area contributed by atoms with Crippen LogP contribution in [0, 0.1) is 0 Å². The van der Waals surface area contributed by atoms with E-state index in [0.29, 0.717) is 132 Å². The third-order valence-corrected chi connectivity index (χ3v) is 7.87. The highest BCUT2D eigenvalue weighted by Crippen LogP contribution is 2.13. The van der Waals surface area contributed by atoms with E-state index in [2.05, 4.69) is 12.2 Å². The summed E-state index contributed by atoms with van der Waals surface area (Å²) in [6.07, 6.45) is 16.8. The summed E-state index contributed by atoms with van der Waals surface area (Å²) in [5.41, 5.74) is -0.514. The molecule has 0 radical (unpaired) electrons. The third-order valence-electron chi connectivity index (χ3n) is 7.87. The lowest BCUT2D eigenvalue weighted by molar-refractivity contribution is -0.145. The van der Waals surface area contributed by atoms with Crippen LogP contribution in [-0.4, -0.2) is 150 Å². The lowest BCUT2D eigenvalue weighted by Crippen LogP contribution is -2.34. The summed E-state index contributed by atoms with van der Waals surface area (Å²) in [5.74, 6) is -0.135. The normalized spacial score (nSPS) is 11.6. The van der Waals surface area contributed by atoms with Crippen LogP contribution in [0.1, 0.15) is 118 Å². The number of nitrogens with one attached hydrogen (secondary N) is 1. The van der Waals surface area contributed by atoms with Crippen molar-refractivity contribution in [3.05, 3.63) is 0 Å². The van der Waals surface area contributed by atoms with E-state index in [1.807, 2.05) is 20.8 Å². The molecule has 0 unspecified atom stereocenters. The molecule has 0 rings (SSSR count). The molecular formula is C41H81NO13. The summed E-state index contributed by atoms with van der Waals surface area (Å²) in [6, 6.07) is 0. The van der Waals surface area contributed by atoms with Gasteiger partial charge in [0, 0.05) is 13.0 Å². The largest absolute Gasteiger partial charge is 0.463 e. The number of carbonyl (C=O) groups is 2. The Kier molecular flexibility index (Phi) is 42.2. The van der Waals surface area contributed by atoms with E-state index >= 15 is 0 Å². The van der Waals surface area contributed by atoms with Crippen LogP contribution >= 0.6 is 0 Å². The standard InChI is InChI=1S/C41H81NO13/c1-5-6-7-8-9-10-11-12-13-14-15-16-17-18-39(43)54-38-37-53-36-35-52-34-33-51-32-31-50-30-29-49-28-27-48-26-25-47-24-23-46-22-21-45-20-19-42-40(44)55-41(2,3)4/h5-38H2,1-4H3,(H,42,44). The van der Waals surface area contributed by atoms with Gasteiger partial charge in [-0.15, -0.1) is 0 Å². The third kappa shape index (κ3) is 48.5. The predicted octanol–water partition coefficient (Wildman–Crippen LogP) is 6.69. The van der Waals surface area contributed by atoms with Crippen LogP contribution in [0.3, 0.4) is 0 Å². The second-order valence-electron chi connectivity index (χ2n) is 14.2. The van der Waals surface area contributed by atoms with Gasteiger partial charge < -0.3 is 57.4 Å². The molecule has 0 aliphatic rings. The highest BCUT2D eigenvalue weighted by molar-refractivity contribution is 5.69. The minimum atomic E-state index is -0.514. The molecular weight excluding hydrogens is 714 g/mol. The van der Waals surface area contributed by atoms with Crippen molar-refractivity contribution in [2.45, 2.75) is 123 Å². The molecule has 55 heavy (non-hydrogen) atoms. The van der Waals surface area contributed by atoms with Crippen molar-refractivity contribution >= 4 is 12.1 Å². The van der Waals surface area contributed by atoms with Crippen LogP contribution in [-0.2, 0) is 56.9 Å². The first-order valence-corrected chi connectivity index (χ1v) is 21.2. The lowest BCUT2D eigenvalue weighted by Gasteiger charge is -2.19. The fourth-order valence-electron chi connectivity index (χ4n) is 4.97. The number of rotatable bonds is 44.